The molecular weight excluding hydrogens is 222 g/mol. The van der Waals surface area contributed by atoms with E-state index in [2.05, 4.69) is 5.10 Å². The van der Waals surface area contributed by atoms with Crippen LogP contribution in [0.15, 0.2) is 12.3 Å². The molecule has 0 spiro atoms. The topological polar surface area (TPSA) is 75.4 Å². The Morgan fingerprint density at radius 2 is 2.06 bits per heavy atom. The standard InChI is InChI=1S/C11H15N3O3/c15-10(13-6-1-2-7-13)4-8-14-9(11(16)17)3-5-12-14/h3,5H,1-2,4,6-8H2,(H,16,17). The summed E-state index contributed by atoms with van der Waals surface area (Å²) in [6.07, 6.45) is 3.87. The van der Waals surface area contributed by atoms with E-state index in [4.69, 9.17) is 5.11 Å². The van der Waals surface area contributed by atoms with Gasteiger partial charge >= 0.3 is 5.97 Å². The van der Waals surface area contributed by atoms with E-state index in [0.29, 0.717) is 13.0 Å². The highest BCUT2D eigenvalue weighted by atomic mass is 16.4. The lowest BCUT2D eigenvalue weighted by Gasteiger charge is -2.15. The monoisotopic (exact) mass is 237 g/mol. The number of aryl methyl sites for hydroxylation is 1. The van der Waals surface area contributed by atoms with Gasteiger partial charge in [-0.1, -0.05) is 0 Å². The van der Waals surface area contributed by atoms with Crippen LogP contribution < -0.4 is 0 Å². The van der Waals surface area contributed by atoms with Crippen LogP contribution in [0.4, 0.5) is 0 Å². The summed E-state index contributed by atoms with van der Waals surface area (Å²) in [5.74, 6) is -0.939. The molecule has 0 unspecified atom stereocenters. The van der Waals surface area contributed by atoms with Gasteiger partial charge in [0, 0.05) is 25.7 Å². The minimum atomic E-state index is -1.02. The van der Waals surface area contributed by atoms with Gasteiger partial charge in [0.1, 0.15) is 5.69 Å². The van der Waals surface area contributed by atoms with Crippen LogP contribution >= 0.6 is 0 Å². The van der Waals surface area contributed by atoms with Crippen molar-refractivity contribution in [3.05, 3.63) is 18.0 Å². The zero-order valence-electron chi connectivity index (χ0n) is 9.50. The van der Waals surface area contributed by atoms with Crippen LogP contribution in [-0.2, 0) is 11.3 Å². The molecule has 0 radical (unpaired) electrons. The number of hydrogen-bond acceptors (Lipinski definition) is 3. The van der Waals surface area contributed by atoms with Gasteiger partial charge in [0.05, 0.1) is 6.54 Å². The van der Waals surface area contributed by atoms with Crippen molar-refractivity contribution in [1.29, 1.82) is 0 Å². The zero-order chi connectivity index (χ0) is 12.3. The fraction of sp³-hybridized carbons (Fsp3) is 0.545. The third-order valence-electron chi connectivity index (χ3n) is 2.93. The maximum absolute atomic E-state index is 11.8. The van der Waals surface area contributed by atoms with Crippen LogP contribution in [0.3, 0.4) is 0 Å². The first-order valence-electron chi connectivity index (χ1n) is 5.71. The van der Waals surface area contributed by atoms with Crippen molar-refractivity contribution in [2.45, 2.75) is 25.8 Å². The quantitative estimate of drug-likeness (QED) is 0.831. The minimum absolute atomic E-state index is 0.0781. The SMILES string of the molecule is O=C(O)c1ccnn1CCC(=O)N1CCCC1. The summed E-state index contributed by atoms with van der Waals surface area (Å²) in [5.41, 5.74) is 0.124. The highest BCUT2D eigenvalue weighted by molar-refractivity contribution is 5.85. The van der Waals surface area contributed by atoms with E-state index >= 15 is 0 Å². The van der Waals surface area contributed by atoms with E-state index in [1.165, 1.54) is 16.9 Å². The van der Waals surface area contributed by atoms with Gasteiger partial charge < -0.3 is 10.0 Å². The molecule has 2 rings (SSSR count). The first-order valence-corrected chi connectivity index (χ1v) is 5.71. The predicted molar refractivity (Wildman–Crippen MR) is 59.6 cm³/mol. The van der Waals surface area contributed by atoms with E-state index in [1.807, 2.05) is 4.90 Å². The summed E-state index contributed by atoms with van der Waals surface area (Å²) >= 11 is 0. The van der Waals surface area contributed by atoms with Gasteiger partial charge in [0.2, 0.25) is 5.91 Å². The molecule has 0 atom stereocenters. The fourth-order valence-corrected chi connectivity index (χ4v) is 2.02. The molecule has 1 aliphatic heterocycles. The molecule has 2 heterocycles. The number of aromatic carboxylic acids is 1. The molecule has 1 saturated heterocycles. The average Bonchev–Trinajstić information content (AvgIpc) is 2.96. The molecule has 0 aliphatic carbocycles. The summed E-state index contributed by atoms with van der Waals surface area (Å²) in [4.78, 5) is 24.4. The van der Waals surface area contributed by atoms with Gasteiger partial charge in [-0.25, -0.2) is 4.79 Å². The highest BCUT2D eigenvalue weighted by Crippen LogP contribution is 2.09. The van der Waals surface area contributed by atoms with Crippen molar-refractivity contribution in [2.24, 2.45) is 0 Å². The molecule has 1 aliphatic rings. The van der Waals surface area contributed by atoms with E-state index < -0.39 is 5.97 Å². The average molecular weight is 237 g/mol. The molecule has 0 saturated carbocycles. The van der Waals surface area contributed by atoms with E-state index in [9.17, 15) is 9.59 Å². The zero-order valence-corrected chi connectivity index (χ0v) is 9.50. The highest BCUT2D eigenvalue weighted by Gasteiger charge is 2.18. The third kappa shape index (κ3) is 2.64. The molecule has 1 amide bonds. The number of carboxylic acids is 1. The smallest absolute Gasteiger partial charge is 0.354 e. The van der Waals surface area contributed by atoms with Gasteiger partial charge in [0.15, 0.2) is 0 Å². The maximum Gasteiger partial charge on any atom is 0.354 e. The van der Waals surface area contributed by atoms with Gasteiger partial charge in [-0.05, 0) is 18.9 Å². The van der Waals surface area contributed by atoms with Crippen molar-refractivity contribution in [3.63, 3.8) is 0 Å². The number of amides is 1. The Bertz CT molecular complexity index is 421. The van der Waals surface area contributed by atoms with E-state index in [-0.39, 0.29) is 11.6 Å². The molecule has 1 aromatic rings. The van der Waals surface area contributed by atoms with Crippen molar-refractivity contribution in [2.75, 3.05) is 13.1 Å². The molecule has 92 valence electrons. The molecule has 1 aromatic heterocycles. The Morgan fingerprint density at radius 1 is 1.35 bits per heavy atom. The number of likely N-dealkylation sites (tertiary alicyclic amines) is 1. The fourth-order valence-electron chi connectivity index (χ4n) is 2.02. The third-order valence-corrected chi connectivity index (χ3v) is 2.93. The Balaban J connectivity index is 1.90. The Kier molecular flexibility index (Phi) is 3.41. The summed E-state index contributed by atoms with van der Waals surface area (Å²) in [6.45, 7) is 1.97. The van der Waals surface area contributed by atoms with Gasteiger partial charge in [-0.2, -0.15) is 5.10 Å². The number of carboxylic acid groups (broad SMARTS) is 1. The lowest BCUT2D eigenvalue weighted by molar-refractivity contribution is -0.130. The van der Waals surface area contributed by atoms with E-state index in [1.54, 1.807) is 0 Å². The Morgan fingerprint density at radius 3 is 2.71 bits per heavy atom. The Hall–Kier alpha value is -1.85. The van der Waals surface area contributed by atoms with Crippen molar-refractivity contribution >= 4 is 11.9 Å². The number of carbonyl (C=O) groups is 2. The first kappa shape index (κ1) is 11.6. The van der Waals surface area contributed by atoms with E-state index in [0.717, 1.165) is 25.9 Å². The van der Waals surface area contributed by atoms with Crippen LogP contribution in [0.25, 0.3) is 0 Å². The number of nitrogens with zero attached hydrogens (tertiary/aromatic N) is 3. The van der Waals surface area contributed by atoms with Crippen molar-refractivity contribution in [3.8, 4) is 0 Å². The summed E-state index contributed by atoms with van der Waals surface area (Å²) in [7, 11) is 0. The second-order valence-corrected chi connectivity index (χ2v) is 4.08. The minimum Gasteiger partial charge on any atom is -0.477 e. The lowest BCUT2D eigenvalue weighted by Crippen LogP contribution is -2.28. The summed E-state index contributed by atoms with van der Waals surface area (Å²) in [6, 6.07) is 1.43. The second kappa shape index (κ2) is 4.99. The van der Waals surface area contributed by atoms with Gasteiger partial charge in [0.25, 0.3) is 0 Å². The maximum atomic E-state index is 11.8. The number of hydrogen-bond donors (Lipinski definition) is 1. The molecule has 1 fully saturated rings. The molecule has 6 heteroatoms. The van der Waals surface area contributed by atoms with Crippen LogP contribution in [-0.4, -0.2) is 44.8 Å². The number of rotatable bonds is 4. The molecule has 1 N–H and O–H groups in total. The summed E-state index contributed by atoms with van der Waals surface area (Å²) in [5, 5.41) is 12.8. The van der Waals surface area contributed by atoms with Crippen molar-refractivity contribution < 1.29 is 14.7 Å². The largest absolute Gasteiger partial charge is 0.477 e. The van der Waals surface area contributed by atoms with Crippen LogP contribution in [0.5, 0.6) is 0 Å². The number of aromatic nitrogens is 2. The second-order valence-electron chi connectivity index (χ2n) is 4.08. The van der Waals surface area contributed by atoms with Crippen LogP contribution in [0, 0.1) is 0 Å². The predicted octanol–water partition coefficient (Wildman–Crippen LogP) is 0.594. The number of carbonyl (C=O) groups excluding carboxylic acids is 1. The molecule has 0 bridgehead atoms. The van der Waals surface area contributed by atoms with Gasteiger partial charge in [-0.3, -0.25) is 9.48 Å². The normalized spacial score (nSPS) is 15.2. The molecule has 6 nitrogen and oxygen atoms in total. The first-order chi connectivity index (χ1) is 8.18. The lowest BCUT2D eigenvalue weighted by atomic mass is 10.3. The van der Waals surface area contributed by atoms with Gasteiger partial charge in [-0.15, -0.1) is 0 Å². The molecular formula is C11H15N3O3. The molecule has 17 heavy (non-hydrogen) atoms. The van der Waals surface area contributed by atoms with Crippen LogP contribution in [0.2, 0.25) is 0 Å². The Labute approximate surface area is 98.8 Å². The van der Waals surface area contributed by atoms with Crippen molar-refractivity contribution in [1.82, 2.24) is 14.7 Å². The molecule has 0 aromatic carbocycles. The van der Waals surface area contributed by atoms with Crippen LogP contribution in [0.1, 0.15) is 29.8 Å². The summed E-state index contributed by atoms with van der Waals surface area (Å²) < 4.78 is 1.36.